The molecule has 0 aromatic heterocycles. The average Bonchev–Trinajstić information content (AvgIpc) is 1.36. The van der Waals surface area contributed by atoms with E-state index in [-0.39, 0.29) is 51.4 Å². The van der Waals surface area contributed by atoms with E-state index >= 15 is 0 Å². The number of halogens is 1. The fourth-order valence-electron chi connectivity index (χ4n) is 0. The van der Waals surface area contributed by atoms with Gasteiger partial charge in [-0.2, -0.15) is 0 Å². The molecule has 0 spiro atoms. The molecule has 40 valence electrons. The first-order chi connectivity index (χ1) is 3.00. The van der Waals surface area contributed by atoms with Crippen LogP contribution in [0.4, 0.5) is -0.211 Å². The van der Waals surface area contributed by atoms with Gasteiger partial charge < -0.3 is 14.7 Å². The summed E-state index contributed by atoms with van der Waals surface area (Å²) >= 11 is -0.438. The molecule has 0 aliphatic heterocycles. The van der Waals surface area contributed by atoms with Crippen molar-refractivity contribution >= 4 is 57.7 Å². The first-order valence-electron chi connectivity index (χ1n) is 1.14. The van der Waals surface area contributed by atoms with Crippen molar-refractivity contribution in [3.63, 3.8) is 0 Å². The van der Waals surface area contributed by atoms with E-state index in [1.165, 1.54) is 0 Å². The number of hydrogen-bond acceptors (Lipinski definition) is 2. The van der Waals surface area contributed by atoms with Crippen LogP contribution in [0, 0.1) is 0 Å². The molecule has 0 radical (unpaired) electrons. The Kier molecular flexibility index (Phi) is 22.4. The van der Waals surface area contributed by atoms with Crippen LogP contribution in [-0.4, -0.2) is 59.7 Å². The van der Waals surface area contributed by atoms with Crippen LogP contribution in [0.5, 0.6) is 0 Å². The number of phosphoric acid groups is 1. The van der Waals surface area contributed by atoms with Crippen LogP contribution in [-0.2, 0) is 4.57 Å². The summed E-state index contributed by atoms with van der Waals surface area (Å²) in [5, 5.41) is 0. The van der Waals surface area contributed by atoms with E-state index in [1.54, 1.807) is 0 Å². The van der Waals surface area contributed by atoms with Crippen molar-refractivity contribution in [1.82, 2.24) is 0 Å². The molecule has 0 atom stereocenters. The van der Waals surface area contributed by atoms with Gasteiger partial charge in [0.15, 0.2) is 0 Å². The fourth-order valence-corrected chi connectivity index (χ4v) is 0. The Morgan fingerprint density at radius 3 is 1.50 bits per heavy atom. The van der Waals surface area contributed by atoms with Crippen LogP contribution in [0.3, 0.4) is 0 Å². The summed E-state index contributed by atoms with van der Waals surface area (Å²) in [5.41, 5.74) is 0. The van der Waals surface area contributed by atoms with Crippen LogP contribution in [0.1, 0.15) is 0 Å². The SMILES string of the molecule is O=P([O-])(O)O.[F][K].[K+]. The standard InChI is InChI=1S/FH.2K.H3O4P/c;;;1-5(2,3)4/h1H;;;(H3,1,2,3,4)/q;2*+1;/p-2. The van der Waals surface area contributed by atoms with Gasteiger partial charge in [0.05, 0.1) is 0 Å². The van der Waals surface area contributed by atoms with Crippen molar-refractivity contribution in [2.45, 2.75) is 0 Å². The Hall–Kier alpha value is 3.31. The molecular formula is H2FK2O4P. The second-order valence-electron chi connectivity index (χ2n) is 0.491. The Labute approximate surface area is 124 Å². The molecule has 0 amide bonds. The van der Waals surface area contributed by atoms with Crippen LogP contribution < -0.4 is 56.3 Å². The zero-order chi connectivity index (χ0) is 6.50. The topological polar surface area (TPSA) is 80.6 Å². The fraction of sp³-hybridized carbons (Fsp3) is 0. The summed E-state index contributed by atoms with van der Waals surface area (Å²) in [6.07, 6.45) is 0. The molecule has 0 rings (SSSR count). The van der Waals surface area contributed by atoms with Gasteiger partial charge in [0.25, 0.3) is 7.82 Å². The van der Waals surface area contributed by atoms with Crippen LogP contribution >= 0.6 is 7.82 Å². The monoisotopic (exact) mass is 194 g/mol. The van der Waals surface area contributed by atoms with Crippen LogP contribution in [0.25, 0.3) is 0 Å². The van der Waals surface area contributed by atoms with Crippen molar-refractivity contribution in [3.05, 3.63) is 0 Å². The number of hydrogen-bond donors (Lipinski definition) is 2. The summed E-state index contributed by atoms with van der Waals surface area (Å²) in [5.74, 6) is 0. The Balaban J connectivity index is -0.0000000750. The molecule has 0 aliphatic rings. The second kappa shape index (κ2) is 10.3. The molecule has 4 nitrogen and oxygen atoms in total. The predicted molar refractivity (Wildman–Crippen MR) is 18.9 cm³/mol. The Bertz CT molecular complexity index is 60.2. The minimum atomic E-state index is -4.89. The molecule has 0 aromatic carbocycles. The minimum Gasteiger partial charge on any atom is 1.00 e. The predicted octanol–water partition coefficient (Wildman–Crippen LogP) is -4.52. The van der Waals surface area contributed by atoms with Crippen molar-refractivity contribution in [2.24, 2.45) is 0 Å². The maximum absolute atomic E-state index is 9.69. The average molecular weight is 194 g/mol. The maximum atomic E-state index is 9.69. The molecule has 0 aliphatic carbocycles. The van der Waals surface area contributed by atoms with E-state index in [0.29, 0.717) is 0 Å². The maximum Gasteiger partial charge on any atom is 1.00 e. The summed E-state index contributed by atoms with van der Waals surface area (Å²) in [7, 11) is -4.89. The third-order valence-corrected chi connectivity index (χ3v) is 0. The third kappa shape index (κ3) is 58.6. The van der Waals surface area contributed by atoms with Crippen molar-refractivity contribution in [3.8, 4) is 0 Å². The van der Waals surface area contributed by atoms with E-state index < -0.39 is 57.7 Å². The van der Waals surface area contributed by atoms with E-state index in [2.05, 4.69) is 0 Å². The molecule has 0 fully saturated rings. The molecule has 0 aromatic rings. The normalized spacial score (nSPS) is 8.25. The molecular weight excluding hydrogens is 192 g/mol. The summed E-state index contributed by atoms with van der Waals surface area (Å²) < 4.78 is 18.5. The summed E-state index contributed by atoms with van der Waals surface area (Å²) in [6, 6.07) is 0. The molecule has 0 saturated heterocycles. The van der Waals surface area contributed by atoms with E-state index in [1.807, 2.05) is 0 Å². The third-order valence-electron chi connectivity index (χ3n) is 0. The quantitative estimate of drug-likeness (QED) is 0.301. The van der Waals surface area contributed by atoms with Gasteiger partial charge in [0.2, 0.25) is 0 Å². The van der Waals surface area contributed by atoms with Crippen molar-refractivity contribution in [2.75, 3.05) is 0 Å². The van der Waals surface area contributed by atoms with Crippen molar-refractivity contribution in [1.29, 1.82) is 0 Å². The largest absolute Gasteiger partial charge is 1.00 e. The van der Waals surface area contributed by atoms with Crippen LogP contribution in [0.15, 0.2) is 0 Å². The van der Waals surface area contributed by atoms with Crippen molar-refractivity contribution < 1.29 is 70.4 Å². The zero-order valence-electron chi connectivity index (χ0n) is 4.54. The summed E-state index contributed by atoms with van der Waals surface area (Å²) in [4.78, 5) is 22.9. The van der Waals surface area contributed by atoms with Gasteiger partial charge in [-0.1, -0.05) is 0 Å². The smallest absolute Gasteiger partial charge is 1.00 e. The van der Waals surface area contributed by atoms with Gasteiger partial charge in [0.1, 0.15) is 0 Å². The number of rotatable bonds is 0. The Morgan fingerprint density at radius 2 is 1.50 bits per heavy atom. The van der Waals surface area contributed by atoms with E-state index in [4.69, 9.17) is 19.2 Å². The van der Waals surface area contributed by atoms with E-state index in [9.17, 15) is -0.211 Å². The summed E-state index contributed by atoms with van der Waals surface area (Å²) in [6.45, 7) is 0. The second-order valence-corrected chi connectivity index (χ2v) is 1.47. The zero-order valence-corrected chi connectivity index (χ0v) is 11.7. The molecule has 0 heterocycles. The van der Waals surface area contributed by atoms with Crippen LogP contribution in [0.2, 0.25) is 0 Å². The van der Waals surface area contributed by atoms with Gasteiger partial charge in [-0.15, -0.1) is 0 Å². The van der Waals surface area contributed by atoms with Gasteiger partial charge >= 0.3 is 101 Å². The molecule has 8 heavy (non-hydrogen) atoms. The van der Waals surface area contributed by atoms with Gasteiger partial charge in [-0.25, -0.2) is 0 Å². The molecule has 2 N–H and O–H groups in total. The Morgan fingerprint density at radius 1 is 1.50 bits per heavy atom. The first-order valence-corrected chi connectivity index (χ1v) is 3.85. The van der Waals surface area contributed by atoms with E-state index in [0.717, 1.165) is 0 Å². The minimum absolute atomic E-state index is 0. The molecule has 0 saturated carbocycles. The first kappa shape index (κ1) is 17.4. The van der Waals surface area contributed by atoms with Gasteiger partial charge in [-0.3, -0.25) is 4.57 Å². The molecule has 8 heteroatoms. The molecule has 0 unspecified atom stereocenters. The van der Waals surface area contributed by atoms with Gasteiger partial charge in [0, 0.05) is 0 Å². The molecule has 0 bridgehead atoms. The van der Waals surface area contributed by atoms with Gasteiger partial charge in [-0.05, 0) is 0 Å².